The molecule has 0 fully saturated rings. The molecule has 4 heterocycles. The first-order valence-electron chi connectivity index (χ1n) is 14.6. The molecule has 0 saturated heterocycles. The van der Waals surface area contributed by atoms with E-state index in [1.54, 1.807) is 9.13 Å². The molecular weight excluding hydrogens is 564 g/mol. The number of pyridine rings is 2. The molecule has 10 nitrogen and oxygen atoms in total. The first kappa shape index (κ1) is 33.4. The summed E-state index contributed by atoms with van der Waals surface area (Å²) in [4.78, 5) is 46.1. The van der Waals surface area contributed by atoms with Crippen molar-refractivity contribution in [3.63, 3.8) is 0 Å². The lowest BCUT2D eigenvalue weighted by Gasteiger charge is -2.16. The number of para-hydroxylation sites is 2. The summed E-state index contributed by atoms with van der Waals surface area (Å²) >= 11 is 0. The van der Waals surface area contributed by atoms with E-state index in [9.17, 15) is 19.2 Å². The van der Waals surface area contributed by atoms with Gasteiger partial charge in [0.15, 0.2) is 10.9 Å². The number of aromatic nitrogens is 2. The standard InChI is InChI=1S/2C15H13NO4.2C2H6/c2*1-9-8-20-14-5-3-2-4-10(14)12-6-13(17)11(15(18)19)7-16(9)12;2*1-2/h2*2-7,9H,8H2,1H3,(H,18,19);2*1-2H3/t2*9-;;/m10../s1. The number of fused-ring (bicyclic) bond motifs is 6. The third-order valence-corrected chi connectivity index (χ3v) is 6.86. The zero-order valence-electron chi connectivity index (χ0n) is 25.7. The van der Waals surface area contributed by atoms with Crippen molar-refractivity contribution in [2.75, 3.05) is 13.2 Å². The highest BCUT2D eigenvalue weighted by atomic mass is 16.5. The minimum absolute atomic E-state index is 0.0592. The number of benzene rings is 2. The van der Waals surface area contributed by atoms with Gasteiger partial charge in [-0.25, -0.2) is 9.59 Å². The Morgan fingerprint density at radius 3 is 1.34 bits per heavy atom. The molecule has 44 heavy (non-hydrogen) atoms. The lowest BCUT2D eigenvalue weighted by atomic mass is 10.1. The molecule has 2 aromatic carbocycles. The first-order chi connectivity index (χ1) is 21.2. The zero-order chi connectivity index (χ0) is 32.6. The van der Waals surface area contributed by atoms with E-state index >= 15 is 0 Å². The van der Waals surface area contributed by atoms with Crippen LogP contribution in [0, 0.1) is 0 Å². The Kier molecular flexibility index (Phi) is 11.3. The molecule has 2 aliphatic heterocycles. The van der Waals surface area contributed by atoms with Crippen molar-refractivity contribution in [3.8, 4) is 34.0 Å². The first-order valence-corrected chi connectivity index (χ1v) is 14.6. The highest BCUT2D eigenvalue weighted by Gasteiger charge is 2.23. The second-order valence-corrected chi connectivity index (χ2v) is 9.61. The van der Waals surface area contributed by atoms with Crippen molar-refractivity contribution in [2.24, 2.45) is 0 Å². The lowest BCUT2D eigenvalue weighted by molar-refractivity contribution is 0.0683. The van der Waals surface area contributed by atoms with Gasteiger partial charge in [-0.2, -0.15) is 0 Å². The predicted molar refractivity (Wildman–Crippen MR) is 169 cm³/mol. The van der Waals surface area contributed by atoms with Crippen LogP contribution >= 0.6 is 0 Å². The quantitative estimate of drug-likeness (QED) is 0.269. The monoisotopic (exact) mass is 602 g/mol. The van der Waals surface area contributed by atoms with E-state index in [4.69, 9.17) is 19.7 Å². The van der Waals surface area contributed by atoms with Gasteiger partial charge in [0.25, 0.3) is 0 Å². The molecule has 6 rings (SSSR count). The fourth-order valence-electron chi connectivity index (χ4n) is 4.77. The lowest BCUT2D eigenvalue weighted by Crippen LogP contribution is -2.21. The van der Waals surface area contributed by atoms with Gasteiger partial charge in [0.2, 0.25) is 0 Å². The molecule has 2 aromatic heterocycles. The molecule has 2 aliphatic rings. The van der Waals surface area contributed by atoms with Crippen molar-refractivity contribution in [3.05, 3.63) is 105 Å². The van der Waals surface area contributed by atoms with Crippen LogP contribution in [0.3, 0.4) is 0 Å². The number of hydrogen-bond acceptors (Lipinski definition) is 6. The van der Waals surface area contributed by atoms with E-state index in [-0.39, 0.29) is 23.2 Å². The van der Waals surface area contributed by atoms with Crippen LogP contribution < -0.4 is 20.3 Å². The van der Waals surface area contributed by atoms with Crippen LogP contribution in [-0.4, -0.2) is 44.5 Å². The van der Waals surface area contributed by atoms with E-state index < -0.39 is 22.8 Å². The fourth-order valence-corrected chi connectivity index (χ4v) is 4.77. The normalized spacial score (nSPS) is 15.3. The number of hydrogen-bond donors (Lipinski definition) is 2. The molecule has 232 valence electrons. The van der Waals surface area contributed by atoms with Crippen LogP contribution in [0.4, 0.5) is 0 Å². The number of rotatable bonds is 2. The minimum atomic E-state index is -1.21. The number of nitrogens with zero attached hydrogens (tertiary/aromatic N) is 2. The molecular formula is C34H38N2O8. The number of carboxylic acids is 2. The van der Waals surface area contributed by atoms with Crippen LogP contribution in [0.15, 0.2) is 82.6 Å². The SMILES string of the molecule is CC.CC.C[C@@H]1COc2ccccc2-c2cc(=O)c(C(=O)O)cn21.C[C@H]1COc2ccccc2-c2cc(=O)c(C(=O)O)cn21. The van der Waals surface area contributed by atoms with Crippen LogP contribution in [0.1, 0.15) is 74.3 Å². The summed E-state index contributed by atoms with van der Waals surface area (Å²) < 4.78 is 15.0. The molecule has 0 unspecified atom stereocenters. The van der Waals surface area contributed by atoms with Gasteiger partial charge in [-0.15, -0.1) is 0 Å². The smallest absolute Gasteiger partial charge is 0.341 e. The number of ether oxygens (including phenoxy) is 2. The predicted octanol–water partition coefficient (Wildman–Crippen LogP) is 6.39. The van der Waals surface area contributed by atoms with Crippen LogP contribution in [0.25, 0.3) is 22.5 Å². The van der Waals surface area contributed by atoms with Crippen LogP contribution in [0.5, 0.6) is 11.5 Å². The fraction of sp³-hybridized carbons (Fsp3) is 0.294. The molecule has 2 atom stereocenters. The average Bonchev–Trinajstić information content (AvgIpc) is 3.26. The van der Waals surface area contributed by atoms with Gasteiger partial charge in [-0.1, -0.05) is 52.0 Å². The van der Waals surface area contributed by atoms with Gasteiger partial charge < -0.3 is 28.8 Å². The van der Waals surface area contributed by atoms with Crippen molar-refractivity contribution in [2.45, 2.75) is 53.6 Å². The minimum Gasteiger partial charge on any atom is -0.491 e. The van der Waals surface area contributed by atoms with Gasteiger partial charge in [0.1, 0.15) is 35.8 Å². The van der Waals surface area contributed by atoms with E-state index in [0.29, 0.717) is 36.1 Å². The molecule has 0 spiro atoms. The highest BCUT2D eigenvalue weighted by Crippen LogP contribution is 2.35. The molecule has 4 aromatic rings. The van der Waals surface area contributed by atoms with Crippen LogP contribution in [-0.2, 0) is 0 Å². The molecule has 10 heteroatoms. The van der Waals surface area contributed by atoms with Crippen molar-refractivity contribution >= 4 is 11.9 Å². The largest absolute Gasteiger partial charge is 0.491 e. The molecule has 0 bridgehead atoms. The summed E-state index contributed by atoms with van der Waals surface area (Å²) in [5, 5.41) is 18.1. The van der Waals surface area contributed by atoms with Gasteiger partial charge >= 0.3 is 11.9 Å². The van der Waals surface area contributed by atoms with Gasteiger partial charge in [-0.05, 0) is 38.1 Å². The molecule has 0 saturated carbocycles. The number of carboxylic acid groups (broad SMARTS) is 2. The Bertz CT molecular complexity index is 1630. The van der Waals surface area contributed by atoms with E-state index in [2.05, 4.69) is 0 Å². The maximum atomic E-state index is 11.9. The summed E-state index contributed by atoms with van der Waals surface area (Å²) in [6, 6.07) is 17.5. The third kappa shape index (κ3) is 6.91. The maximum Gasteiger partial charge on any atom is 0.341 e. The van der Waals surface area contributed by atoms with Gasteiger partial charge in [0.05, 0.1) is 23.5 Å². The second kappa shape index (κ2) is 14.9. The zero-order valence-corrected chi connectivity index (χ0v) is 25.7. The van der Waals surface area contributed by atoms with E-state index in [1.807, 2.05) is 90.1 Å². The topological polar surface area (TPSA) is 137 Å². The van der Waals surface area contributed by atoms with E-state index in [0.717, 1.165) is 11.1 Å². The van der Waals surface area contributed by atoms with Crippen LogP contribution in [0.2, 0.25) is 0 Å². The molecule has 2 N–H and O–H groups in total. The molecule has 0 radical (unpaired) electrons. The summed E-state index contributed by atoms with van der Waals surface area (Å²) in [5.74, 6) is -1.02. The Morgan fingerprint density at radius 2 is 1.00 bits per heavy atom. The number of carbonyl (C=O) groups is 2. The van der Waals surface area contributed by atoms with Crippen molar-refractivity contribution in [1.82, 2.24) is 9.13 Å². The van der Waals surface area contributed by atoms with Crippen molar-refractivity contribution in [1.29, 1.82) is 0 Å². The maximum absolute atomic E-state index is 11.9. The Balaban J connectivity index is 0.000000216. The third-order valence-electron chi connectivity index (χ3n) is 6.86. The van der Waals surface area contributed by atoms with Gasteiger partial charge in [-0.3, -0.25) is 9.59 Å². The Morgan fingerprint density at radius 1 is 0.659 bits per heavy atom. The number of aromatic carboxylic acids is 2. The van der Waals surface area contributed by atoms with E-state index in [1.165, 1.54) is 24.5 Å². The summed E-state index contributed by atoms with van der Waals surface area (Å²) in [7, 11) is 0. The van der Waals surface area contributed by atoms with Gasteiger partial charge in [0, 0.05) is 35.7 Å². The Labute approximate surface area is 255 Å². The summed E-state index contributed by atoms with van der Waals surface area (Å²) in [6.45, 7) is 12.7. The average molecular weight is 603 g/mol. The molecule has 0 amide bonds. The second-order valence-electron chi connectivity index (χ2n) is 9.61. The summed E-state index contributed by atoms with van der Waals surface area (Å²) in [5.41, 5.74) is 1.53. The molecule has 0 aliphatic carbocycles. The Hall–Kier alpha value is -5.12. The van der Waals surface area contributed by atoms with Crippen molar-refractivity contribution < 1.29 is 29.3 Å². The summed E-state index contributed by atoms with van der Waals surface area (Å²) in [6.07, 6.45) is 2.80. The highest BCUT2D eigenvalue weighted by molar-refractivity contribution is 5.88.